The molecule has 2 rings (SSSR count). The molecule has 0 aliphatic carbocycles. The van der Waals surface area contributed by atoms with Gasteiger partial charge in [0.1, 0.15) is 5.82 Å². The molecule has 0 bridgehead atoms. The molecule has 0 radical (unpaired) electrons. The van der Waals surface area contributed by atoms with Crippen LogP contribution in [-0.2, 0) is 6.54 Å². The smallest absolute Gasteiger partial charge is 0.239 e. The molecule has 3 N–H and O–H groups in total. The largest absolute Gasteiger partial charge is 0.355 e. The normalized spacial score (nSPS) is 10.2. The van der Waals surface area contributed by atoms with E-state index in [9.17, 15) is 0 Å². The molecule has 1 aromatic carbocycles. The summed E-state index contributed by atoms with van der Waals surface area (Å²) < 4.78 is 1.09. The van der Waals surface area contributed by atoms with Gasteiger partial charge in [0.2, 0.25) is 5.95 Å². The number of anilines is 2. The highest BCUT2D eigenvalue weighted by Crippen LogP contribution is 2.20. The summed E-state index contributed by atoms with van der Waals surface area (Å²) >= 11 is 3.53. The number of nitrogen functional groups attached to an aromatic ring is 1. The summed E-state index contributed by atoms with van der Waals surface area (Å²) in [7, 11) is 1.97. The van der Waals surface area contributed by atoms with Gasteiger partial charge in [0, 0.05) is 24.3 Å². The molecule has 0 atom stereocenters. The third kappa shape index (κ3) is 2.96. The Morgan fingerprint density at radius 3 is 2.83 bits per heavy atom. The summed E-state index contributed by atoms with van der Waals surface area (Å²) in [6, 6.07) is 9.95. The first-order valence-electron chi connectivity index (χ1n) is 5.45. The summed E-state index contributed by atoms with van der Waals surface area (Å²) in [6.07, 6.45) is 1.67. The van der Waals surface area contributed by atoms with Crippen molar-refractivity contribution >= 4 is 27.7 Å². The van der Waals surface area contributed by atoms with Crippen molar-refractivity contribution in [2.45, 2.75) is 6.54 Å². The second kappa shape index (κ2) is 5.79. The Bertz CT molecular complexity index is 531. The first-order chi connectivity index (χ1) is 8.70. The van der Waals surface area contributed by atoms with E-state index in [0.717, 1.165) is 16.8 Å². The van der Waals surface area contributed by atoms with E-state index >= 15 is 0 Å². The monoisotopic (exact) mass is 307 g/mol. The van der Waals surface area contributed by atoms with Gasteiger partial charge < -0.3 is 4.90 Å². The molecule has 6 heteroatoms. The lowest BCUT2D eigenvalue weighted by molar-refractivity contribution is 0.887. The van der Waals surface area contributed by atoms with Gasteiger partial charge in [0.25, 0.3) is 0 Å². The second-order valence-corrected chi connectivity index (χ2v) is 4.68. The van der Waals surface area contributed by atoms with Crippen LogP contribution in [0.15, 0.2) is 41.0 Å². The number of hydrazine groups is 1. The van der Waals surface area contributed by atoms with E-state index < -0.39 is 0 Å². The summed E-state index contributed by atoms with van der Waals surface area (Å²) in [5, 5.41) is 0. The third-order valence-corrected chi connectivity index (χ3v) is 3.30. The number of halogens is 1. The zero-order valence-corrected chi connectivity index (χ0v) is 11.6. The molecule has 0 spiro atoms. The number of nitrogens with two attached hydrogens (primary N) is 1. The Morgan fingerprint density at radius 2 is 2.11 bits per heavy atom. The molecule has 0 fully saturated rings. The molecule has 5 nitrogen and oxygen atoms in total. The molecule has 1 heterocycles. The Kier molecular flexibility index (Phi) is 4.11. The Balaban J connectivity index is 2.16. The number of rotatable bonds is 4. The highest BCUT2D eigenvalue weighted by atomic mass is 79.9. The lowest BCUT2D eigenvalue weighted by atomic mass is 10.2. The van der Waals surface area contributed by atoms with E-state index in [1.807, 2.05) is 36.2 Å². The Morgan fingerprint density at radius 1 is 1.33 bits per heavy atom. The van der Waals surface area contributed by atoms with Crippen LogP contribution in [0.4, 0.5) is 11.8 Å². The lowest BCUT2D eigenvalue weighted by Gasteiger charge is -2.19. The van der Waals surface area contributed by atoms with Crippen LogP contribution >= 0.6 is 15.9 Å². The minimum absolute atomic E-state index is 0.409. The van der Waals surface area contributed by atoms with Gasteiger partial charge in [0.15, 0.2) is 0 Å². The third-order valence-electron chi connectivity index (χ3n) is 2.53. The molecular formula is C12H14BrN5. The van der Waals surface area contributed by atoms with Crippen molar-refractivity contribution in [3.8, 4) is 0 Å². The summed E-state index contributed by atoms with van der Waals surface area (Å²) in [6.45, 7) is 0.752. The van der Waals surface area contributed by atoms with Crippen molar-refractivity contribution in [2.24, 2.45) is 5.84 Å². The van der Waals surface area contributed by atoms with Crippen LogP contribution in [0, 0.1) is 0 Å². The van der Waals surface area contributed by atoms with Crippen molar-refractivity contribution in [1.82, 2.24) is 9.97 Å². The highest BCUT2D eigenvalue weighted by Gasteiger charge is 2.06. The molecule has 0 saturated heterocycles. The number of hydrogen-bond donors (Lipinski definition) is 2. The summed E-state index contributed by atoms with van der Waals surface area (Å²) in [5.74, 6) is 6.52. The van der Waals surface area contributed by atoms with Crippen molar-refractivity contribution in [3.05, 3.63) is 46.6 Å². The van der Waals surface area contributed by atoms with E-state index in [1.165, 1.54) is 5.56 Å². The van der Waals surface area contributed by atoms with E-state index in [4.69, 9.17) is 5.84 Å². The van der Waals surface area contributed by atoms with Gasteiger partial charge in [-0.25, -0.2) is 10.8 Å². The van der Waals surface area contributed by atoms with Gasteiger partial charge in [-0.1, -0.05) is 34.1 Å². The van der Waals surface area contributed by atoms with Crippen LogP contribution in [0.2, 0.25) is 0 Å². The average molecular weight is 308 g/mol. The summed E-state index contributed by atoms with van der Waals surface area (Å²) in [4.78, 5) is 10.3. The van der Waals surface area contributed by atoms with Crippen molar-refractivity contribution in [3.63, 3.8) is 0 Å². The van der Waals surface area contributed by atoms with E-state index in [2.05, 4.69) is 37.4 Å². The molecule has 1 aromatic heterocycles. The molecule has 0 saturated carbocycles. The predicted molar refractivity (Wildman–Crippen MR) is 76.1 cm³/mol. The number of aromatic nitrogens is 2. The number of benzene rings is 1. The standard InChI is InChI=1S/C12H14BrN5/c1-18(8-9-4-2-3-5-10(9)13)11-6-7-15-12(16-11)17-14/h2-7H,8,14H2,1H3,(H,15,16,17). The van der Waals surface area contributed by atoms with Gasteiger partial charge in [0.05, 0.1) is 0 Å². The molecule has 0 aliphatic rings. The van der Waals surface area contributed by atoms with Gasteiger partial charge in [-0.05, 0) is 17.7 Å². The number of nitrogens with one attached hydrogen (secondary N) is 1. The van der Waals surface area contributed by atoms with Crippen LogP contribution in [-0.4, -0.2) is 17.0 Å². The van der Waals surface area contributed by atoms with Crippen LogP contribution in [0.3, 0.4) is 0 Å². The minimum atomic E-state index is 0.409. The van der Waals surface area contributed by atoms with E-state index in [1.54, 1.807) is 6.20 Å². The maximum Gasteiger partial charge on any atom is 0.239 e. The molecule has 0 amide bonds. The number of hydrogen-bond acceptors (Lipinski definition) is 5. The van der Waals surface area contributed by atoms with Gasteiger partial charge in [-0.15, -0.1) is 0 Å². The fourth-order valence-electron chi connectivity index (χ4n) is 1.59. The molecule has 94 valence electrons. The first-order valence-corrected chi connectivity index (χ1v) is 6.24. The van der Waals surface area contributed by atoms with Crippen LogP contribution in [0.25, 0.3) is 0 Å². The van der Waals surface area contributed by atoms with Gasteiger partial charge >= 0.3 is 0 Å². The SMILES string of the molecule is CN(Cc1ccccc1Br)c1ccnc(NN)n1. The van der Waals surface area contributed by atoms with Crippen molar-refractivity contribution < 1.29 is 0 Å². The average Bonchev–Trinajstić information content (AvgIpc) is 2.41. The zero-order valence-electron chi connectivity index (χ0n) is 9.97. The molecular weight excluding hydrogens is 294 g/mol. The molecule has 0 aliphatic heterocycles. The zero-order chi connectivity index (χ0) is 13.0. The Labute approximate surface area is 114 Å². The van der Waals surface area contributed by atoms with Crippen LogP contribution < -0.4 is 16.2 Å². The Hall–Kier alpha value is -1.66. The maximum atomic E-state index is 5.29. The fourth-order valence-corrected chi connectivity index (χ4v) is 2.00. The van der Waals surface area contributed by atoms with Gasteiger partial charge in [-0.2, -0.15) is 4.98 Å². The van der Waals surface area contributed by atoms with Gasteiger partial charge in [-0.3, -0.25) is 5.43 Å². The van der Waals surface area contributed by atoms with E-state index in [0.29, 0.717) is 5.95 Å². The molecule has 0 unspecified atom stereocenters. The lowest BCUT2D eigenvalue weighted by Crippen LogP contribution is -2.19. The minimum Gasteiger partial charge on any atom is -0.355 e. The second-order valence-electron chi connectivity index (χ2n) is 3.83. The van der Waals surface area contributed by atoms with Crippen LogP contribution in [0.1, 0.15) is 5.56 Å². The topological polar surface area (TPSA) is 67.1 Å². The first kappa shape index (κ1) is 12.8. The number of nitrogens with zero attached hydrogens (tertiary/aromatic N) is 3. The van der Waals surface area contributed by atoms with Crippen molar-refractivity contribution in [2.75, 3.05) is 17.4 Å². The molecule has 2 aromatic rings. The summed E-state index contributed by atoms with van der Waals surface area (Å²) in [5.41, 5.74) is 3.63. The quantitative estimate of drug-likeness (QED) is 0.669. The van der Waals surface area contributed by atoms with Crippen LogP contribution in [0.5, 0.6) is 0 Å². The highest BCUT2D eigenvalue weighted by molar-refractivity contribution is 9.10. The molecule has 18 heavy (non-hydrogen) atoms. The predicted octanol–water partition coefficient (Wildman–Crippen LogP) is 2.16. The van der Waals surface area contributed by atoms with Crippen molar-refractivity contribution in [1.29, 1.82) is 0 Å². The van der Waals surface area contributed by atoms with E-state index in [-0.39, 0.29) is 0 Å². The fraction of sp³-hybridized carbons (Fsp3) is 0.167. The maximum absolute atomic E-state index is 5.29.